The van der Waals surface area contributed by atoms with Crippen molar-refractivity contribution >= 4 is 28.8 Å². The van der Waals surface area contributed by atoms with Gasteiger partial charge in [-0.2, -0.15) is 0 Å². The van der Waals surface area contributed by atoms with Crippen LogP contribution in [0.4, 0.5) is 0 Å². The molecule has 162 valence electrons. The van der Waals surface area contributed by atoms with E-state index in [0.29, 0.717) is 23.1 Å². The molecule has 1 fully saturated rings. The Morgan fingerprint density at radius 1 is 0.968 bits per heavy atom. The van der Waals surface area contributed by atoms with Gasteiger partial charge >= 0.3 is 0 Å². The summed E-state index contributed by atoms with van der Waals surface area (Å²) in [6.07, 6.45) is 3.26. The second-order valence-electron chi connectivity index (χ2n) is 9.33. The van der Waals surface area contributed by atoms with E-state index in [1.807, 2.05) is 54.6 Å². The van der Waals surface area contributed by atoms with Crippen molar-refractivity contribution in [2.75, 3.05) is 0 Å². The van der Waals surface area contributed by atoms with Crippen LogP contribution in [0.3, 0.4) is 0 Å². The van der Waals surface area contributed by atoms with E-state index in [-0.39, 0.29) is 6.10 Å². The summed E-state index contributed by atoms with van der Waals surface area (Å²) >= 11 is 0. The van der Waals surface area contributed by atoms with E-state index >= 15 is 0 Å². The van der Waals surface area contributed by atoms with Crippen molar-refractivity contribution in [3.05, 3.63) is 84.9 Å². The highest BCUT2D eigenvalue weighted by Gasteiger charge is 2.40. The predicted octanol–water partition coefficient (Wildman–Crippen LogP) is 7.89. The summed E-state index contributed by atoms with van der Waals surface area (Å²) in [6.45, 7) is 11.2. The van der Waals surface area contributed by atoms with Gasteiger partial charge in [0, 0.05) is 10.6 Å². The van der Waals surface area contributed by atoms with Crippen molar-refractivity contribution in [1.29, 1.82) is 0 Å². The molecule has 1 saturated carbocycles. The van der Waals surface area contributed by atoms with Crippen LogP contribution < -0.4 is 5.30 Å². The largest absolute Gasteiger partial charge is 0.318 e. The van der Waals surface area contributed by atoms with Gasteiger partial charge in [-0.1, -0.05) is 94.4 Å². The minimum absolute atomic E-state index is 0.0264. The van der Waals surface area contributed by atoms with Gasteiger partial charge in [0.05, 0.1) is 6.10 Å². The average Bonchev–Trinajstić information content (AvgIpc) is 2.78. The van der Waals surface area contributed by atoms with E-state index < -0.39 is 7.37 Å². The average molecular weight is 433 g/mol. The van der Waals surface area contributed by atoms with Gasteiger partial charge in [0.15, 0.2) is 0 Å². The molecule has 0 spiro atoms. The standard InChI is InChI=1S/C28H33O2P/c1-20(2)25-18-17-21(3)19-28(25)30-31(29,24-13-6-5-7-14-24)22(4)26-16-10-12-23-11-8-9-15-27(23)26/h5-16,20-21,25,28H,4,17-19H2,1-3H3/t21-,25+,28-,31?/m1/s1. The lowest BCUT2D eigenvalue weighted by atomic mass is 9.75. The molecule has 0 radical (unpaired) electrons. The first-order valence-electron chi connectivity index (χ1n) is 11.4. The molecule has 3 heteroatoms. The van der Waals surface area contributed by atoms with E-state index in [9.17, 15) is 4.57 Å². The first-order valence-corrected chi connectivity index (χ1v) is 13.0. The first-order chi connectivity index (χ1) is 14.9. The third-order valence-corrected chi connectivity index (χ3v) is 9.29. The van der Waals surface area contributed by atoms with Crippen LogP contribution in [0.2, 0.25) is 0 Å². The fourth-order valence-corrected chi connectivity index (χ4v) is 7.23. The molecule has 3 aromatic rings. The molecule has 1 aliphatic rings. The van der Waals surface area contributed by atoms with Crippen molar-refractivity contribution < 1.29 is 9.09 Å². The van der Waals surface area contributed by atoms with Gasteiger partial charge in [-0.05, 0) is 59.1 Å². The minimum Gasteiger partial charge on any atom is -0.318 e. The van der Waals surface area contributed by atoms with Gasteiger partial charge < -0.3 is 4.52 Å². The summed E-state index contributed by atoms with van der Waals surface area (Å²) < 4.78 is 21.5. The van der Waals surface area contributed by atoms with Gasteiger partial charge in [0.1, 0.15) is 0 Å². The minimum atomic E-state index is -3.36. The molecular formula is C28H33O2P. The molecular weight excluding hydrogens is 399 g/mol. The lowest BCUT2D eigenvalue weighted by Gasteiger charge is -2.39. The maximum absolute atomic E-state index is 14.8. The molecule has 0 bridgehead atoms. The quantitative estimate of drug-likeness (QED) is 0.370. The molecule has 1 unspecified atom stereocenters. The normalized spacial score (nSPS) is 23.5. The summed E-state index contributed by atoms with van der Waals surface area (Å²) in [5.74, 6) is 1.48. The number of hydrogen-bond donors (Lipinski definition) is 0. The van der Waals surface area contributed by atoms with Gasteiger partial charge in [-0.15, -0.1) is 0 Å². The highest BCUT2D eigenvalue weighted by molar-refractivity contribution is 7.76. The first kappa shape index (κ1) is 22.1. The fourth-order valence-electron chi connectivity index (χ4n) is 4.97. The van der Waals surface area contributed by atoms with E-state index in [1.54, 1.807) is 0 Å². The van der Waals surface area contributed by atoms with Crippen LogP contribution in [0.25, 0.3) is 16.1 Å². The lowest BCUT2D eigenvalue weighted by Crippen LogP contribution is -2.34. The van der Waals surface area contributed by atoms with Crippen molar-refractivity contribution in [2.45, 2.75) is 46.1 Å². The third kappa shape index (κ3) is 4.43. The molecule has 0 aromatic heterocycles. The van der Waals surface area contributed by atoms with Crippen LogP contribution in [-0.4, -0.2) is 6.10 Å². The summed E-state index contributed by atoms with van der Waals surface area (Å²) in [5.41, 5.74) is 0.912. The van der Waals surface area contributed by atoms with E-state index in [4.69, 9.17) is 4.52 Å². The summed E-state index contributed by atoms with van der Waals surface area (Å²) in [5, 5.41) is 3.50. The number of benzene rings is 3. The zero-order chi connectivity index (χ0) is 22.0. The van der Waals surface area contributed by atoms with E-state index in [2.05, 4.69) is 45.5 Å². The molecule has 0 N–H and O–H groups in total. The Morgan fingerprint density at radius 2 is 1.65 bits per heavy atom. The van der Waals surface area contributed by atoms with Gasteiger partial charge in [-0.25, -0.2) is 0 Å². The summed E-state index contributed by atoms with van der Waals surface area (Å²) in [4.78, 5) is 0. The number of hydrogen-bond acceptors (Lipinski definition) is 2. The number of rotatable bonds is 6. The topological polar surface area (TPSA) is 26.3 Å². The molecule has 0 heterocycles. The fraction of sp³-hybridized carbons (Fsp3) is 0.357. The van der Waals surface area contributed by atoms with Crippen LogP contribution in [0.1, 0.15) is 45.6 Å². The Hall–Kier alpha value is -2.15. The molecule has 31 heavy (non-hydrogen) atoms. The third-order valence-electron chi connectivity index (χ3n) is 6.80. The van der Waals surface area contributed by atoms with Crippen molar-refractivity contribution in [3.8, 4) is 0 Å². The molecule has 0 aliphatic heterocycles. The Labute approximate surface area is 186 Å². The van der Waals surface area contributed by atoms with Crippen LogP contribution in [0.5, 0.6) is 0 Å². The van der Waals surface area contributed by atoms with E-state index in [0.717, 1.165) is 34.5 Å². The lowest BCUT2D eigenvalue weighted by molar-refractivity contribution is 0.0516. The van der Waals surface area contributed by atoms with Crippen molar-refractivity contribution in [1.82, 2.24) is 0 Å². The molecule has 0 saturated heterocycles. The number of fused-ring (bicyclic) bond motifs is 1. The van der Waals surface area contributed by atoms with Crippen LogP contribution in [0, 0.1) is 17.8 Å². The monoisotopic (exact) mass is 432 g/mol. The maximum atomic E-state index is 14.8. The SMILES string of the molecule is C=C(c1cccc2ccccc12)P(=O)(O[C@@H]1C[C@H](C)CC[C@H]1C(C)C)c1ccccc1. The zero-order valence-electron chi connectivity index (χ0n) is 18.8. The van der Waals surface area contributed by atoms with Gasteiger partial charge in [-0.3, -0.25) is 4.57 Å². The summed E-state index contributed by atoms with van der Waals surface area (Å²) in [6, 6.07) is 24.0. The second-order valence-corrected chi connectivity index (χ2v) is 11.7. The Kier molecular flexibility index (Phi) is 6.51. The van der Waals surface area contributed by atoms with E-state index in [1.165, 1.54) is 6.42 Å². The molecule has 2 nitrogen and oxygen atoms in total. The van der Waals surface area contributed by atoms with Crippen molar-refractivity contribution in [2.24, 2.45) is 17.8 Å². The molecule has 4 atom stereocenters. The Morgan fingerprint density at radius 3 is 2.39 bits per heavy atom. The zero-order valence-corrected chi connectivity index (χ0v) is 19.7. The molecule has 4 rings (SSSR count). The molecule has 3 aromatic carbocycles. The highest BCUT2D eigenvalue weighted by atomic mass is 31.2. The smallest absolute Gasteiger partial charge is 0.261 e. The maximum Gasteiger partial charge on any atom is 0.261 e. The Bertz CT molecular complexity index is 1100. The van der Waals surface area contributed by atoms with Crippen LogP contribution >= 0.6 is 7.37 Å². The summed E-state index contributed by atoms with van der Waals surface area (Å²) in [7, 11) is -3.36. The van der Waals surface area contributed by atoms with Crippen LogP contribution in [0.15, 0.2) is 79.4 Å². The Balaban J connectivity index is 1.80. The molecule has 0 amide bonds. The highest BCUT2D eigenvalue weighted by Crippen LogP contribution is 2.61. The van der Waals surface area contributed by atoms with Gasteiger partial charge in [0.2, 0.25) is 0 Å². The molecule has 1 aliphatic carbocycles. The predicted molar refractivity (Wildman–Crippen MR) is 133 cm³/mol. The van der Waals surface area contributed by atoms with Crippen molar-refractivity contribution in [3.63, 3.8) is 0 Å². The second kappa shape index (κ2) is 9.15. The van der Waals surface area contributed by atoms with Crippen LogP contribution in [-0.2, 0) is 9.09 Å². The van der Waals surface area contributed by atoms with Gasteiger partial charge in [0.25, 0.3) is 7.37 Å².